The third kappa shape index (κ3) is 2.77. The van der Waals surface area contributed by atoms with E-state index in [0.717, 1.165) is 22.2 Å². The molecule has 0 aromatic heterocycles. The summed E-state index contributed by atoms with van der Waals surface area (Å²) in [5, 5.41) is 9.58. The van der Waals surface area contributed by atoms with E-state index in [-0.39, 0.29) is 0 Å². The molecule has 0 bridgehead atoms. The Morgan fingerprint density at radius 1 is 1.47 bits per heavy atom. The number of nitrogens with zero attached hydrogens (tertiary/aromatic N) is 2. The molecule has 0 atom stereocenters. The minimum absolute atomic E-state index is 0.593. The van der Waals surface area contributed by atoms with Crippen LogP contribution in [0.15, 0.2) is 34.2 Å². The van der Waals surface area contributed by atoms with Crippen LogP contribution in [-0.2, 0) is 0 Å². The summed E-state index contributed by atoms with van der Waals surface area (Å²) >= 11 is 3.51. The second kappa shape index (κ2) is 5.24. The molecule has 0 saturated heterocycles. The van der Waals surface area contributed by atoms with Gasteiger partial charge in [-0.15, -0.1) is 23.5 Å². The van der Waals surface area contributed by atoms with Crippen molar-refractivity contribution in [3.8, 4) is 6.07 Å². The topological polar surface area (TPSA) is 36.1 Å². The van der Waals surface area contributed by atoms with Crippen LogP contribution in [0.2, 0.25) is 0 Å². The molecular formula is C11H10N2S2. The van der Waals surface area contributed by atoms with Crippen molar-refractivity contribution >= 4 is 34.3 Å². The van der Waals surface area contributed by atoms with Crippen molar-refractivity contribution < 1.29 is 0 Å². The highest BCUT2D eigenvalue weighted by Gasteiger charge is 2.11. The third-order valence-corrected chi connectivity index (χ3v) is 4.18. The number of aliphatic imine (C=N–C) groups is 1. The van der Waals surface area contributed by atoms with Gasteiger partial charge in [0, 0.05) is 22.8 Å². The Bertz CT molecular complexity index is 421. The Balaban J connectivity index is 2.06. The van der Waals surface area contributed by atoms with E-state index in [2.05, 4.69) is 17.1 Å². The Hall–Kier alpha value is -0.920. The highest BCUT2D eigenvalue weighted by atomic mass is 32.2. The largest absolute Gasteiger partial charge is 0.245 e. The molecule has 1 heterocycles. The zero-order valence-electron chi connectivity index (χ0n) is 8.14. The van der Waals surface area contributed by atoms with E-state index in [9.17, 15) is 0 Å². The van der Waals surface area contributed by atoms with Gasteiger partial charge in [-0.2, -0.15) is 5.26 Å². The van der Waals surface area contributed by atoms with Gasteiger partial charge < -0.3 is 0 Å². The highest BCUT2D eigenvalue weighted by molar-refractivity contribution is 8.16. The van der Waals surface area contributed by atoms with Gasteiger partial charge in [-0.1, -0.05) is 12.1 Å². The van der Waals surface area contributed by atoms with E-state index in [1.54, 1.807) is 11.8 Å². The van der Waals surface area contributed by atoms with Crippen molar-refractivity contribution in [2.45, 2.75) is 11.3 Å². The molecule has 0 amide bonds. The van der Waals surface area contributed by atoms with Gasteiger partial charge >= 0.3 is 0 Å². The summed E-state index contributed by atoms with van der Waals surface area (Å²) in [4.78, 5) is 5.82. The van der Waals surface area contributed by atoms with Gasteiger partial charge in [0.25, 0.3) is 0 Å². The highest BCUT2D eigenvalue weighted by Crippen LogP contribution is 2.35. The van der Waals surface area contributed by atoms with Gasteiger partial charge in [0.15, 0.2) is 0 Å². The van der Waals surface area contributed by atoms with Crippen LogP contribution in [0.1, 0.15) is 6.42 Å². The van der Waals surface area contributed by atoms with Crippen LogP contribution in [0, 0.1) is 11.3 Å². The van der Waals surface area contributed by atoms with Gasteiger partial charge in [0.05, 0.1) is 16.8 Å². The molecule has 0 spiro atoms. The Labute approximate surface area is 97.8 Å². The molecule has 1 aliphatic rings. The van der Waals surface area contributed by atoms with Crippen LogP contribution in [-0.4, -0.2) is 16.5 Å². The van der Waals surface area contributed by atoms with Crippen molar-refractivity contribution in [1.29, 1.82) is 5.26 Å². The second-order valence-electron chi connectivity index (χ2n) is 3.02. The lowest BCUT2D eigenvalue weighted by molar-refractivity contribution is 1.24. The molecule has 2 rings (SSSR count). The summed E-state index contributed by atoms with van der Waals surface area (Å²) < 4.78 is 0. The number of hydrogen-bond acceptors (Lipinski definition) is 4. The molecule has 1 aromatic rings. The average molecular weight is 234 g/mol. The van der Waals surface area contributed by atoms with E-state index in [4.69, 9.17) is 5.26 Å². The van der Waals surface area contributed by atoms with Crippen LogP contribution in [0.3, 0.4) is 0 Å². The summed E-state index contributed by atoms with van der Waals surface area (Å²) in [7, 11) is 0. The van der Waals surface area contributed by atoms with Crippen LogP contribution >= 0.6 is 23.5 Å². The molecule has 0 radical (unpaired) electrons. The maximum Gasteiger partial charge on any atom is 0.0842 e. The first-order valence-electron chi connectivity index (χ1n) is 4.69. The molecule has 0 fully saturated rings. The number of rotatable bonds is 2. The van der Waals surface area contributed by atoms with Crippen LogP contribution in [0.5, 0.6) is 0 Å². The van der Waals surface area contributed by atoms with E-state index in [1.165, 1.54) is 4.90 Å². The van der Waals surface area contributed by atoms with Gasteiger partial charge in [0.1, 0.15) is 0 Å². The maximum absolute atomic E-state index is 8.45. The molecule has 0 saturated carbocycles. The molecule has 0 unspecified atom stereocenters. The van der Waals surface area contributed by atoms with Crippen LogP contribution in [0.4, 0.5) is 5.69 Å². The smallest absolute Gasteiger partial charge is 0.0842 e. The number of para-hydroxylation sites is 1. The van der Waals surface area contributed by atoms with Crippen LogP contribution in [0.25, 0.3) is 0 Å². The summed E-state index contributed by atoms with van der Waals surface area (Å²) in [6.45, 7) is 0. The normalized spacial score (nSPS) is 13.9. The fourth-order valence-electron chi connectivity index (χ4n) is 1.27. The fraction of sp³-hybridized carbons (Fsp3) is 0.273. The lowest BCUT2D eigenvalue weighted by Crippen LogP contribution is -2.01. The van der Waals surface area contributed by atoms with E-state index >= 15 is 0 Å². The standard InChI is InChI=1S/C11H10N2S2/c12-6-3-7-14-11-8-15-10-5-2-1-4-9(10)13-11/h1-2,4-5H,3,7-8H2. The zero-order chi connectivity index (χ0) is 10.5. The summed E-state index contributed by atoms with van der Waals surface area (Å²) in [6, 6.07) is 10.3. The molecule has 0 N–H and O–H groups in total. The monoisotopic (exact) mass is 234 g/mol. The van der Waals surface area contributed by atoms with Gasteiger partial charge in [-0.3, -0.25) is 0 Å². The summed E-state index contributed by atoms with van der Waals surface area (Å²) in [6.07, 6.45) is 0.593. The minimum atomic E-state index is 0.593. The third-order valence-electron chi connectivity index (χ3n) is 1.94. The Morgan fingerprint density at radius 3 is 3.20 bits per heavy atom. The van der Waals surface area contributed by atoms with Crippen molar-refractivity contribution in [2.24, 2.45) is 4.99 Å². The zero-order valence-corrected chi connectivity index (χ0v) is 9.77. The van der Waals surface area contributed by atoms with Crippen LogP contribution < -0.4 is 0 Å². The van der Waals surface area contributed by atoms with Gasteiger partial charge in [-0.05, 0) is 12.1 Å². The first kappa shape index (κ1) is 10.6. The lowest BCUT2D eigenvalue weighted by Gasteiger charge is -2.13. The molecule has 1 aliphatic heterocycles. The van der Waals surface area contributed by atoms with Gasteiger partial charge in [0.2, 0.25) is 0 Å². The Kier molecular flexibility index (Phi) is 3.70. The molecule has 0 aliphatic carbocycles. The van der Waals surface area contributed by atoms with Crippen molar-refractivity contribution in [3.63, 3.8) is 0 Å². The predicted molar refractivity (Wildman–Crippen MR) is 66.9 cm³/mol. The molecule has 4 heteroatoms. The van der Waals surface area contributed by atoms with Crippen molar-refractivity contribution in [2.75, 3.05) is 11.5 Å². The van der Waals surface area contributed by atoms with E-state index < -0.39 is 0 Å². The first-order valence-corrected chi connectivity index (χ1v) is 6.66. The summed E-state index contributed by atoms with van der Waals surface area (Å²) in [5.74, 6) is 1.78. The number of hydrogen-bond donors (Lipinski definition) is 0. The molecule has 2 nitrogen and oxygen atoms in total. The first-order chi connectivity index (χ1) is 7.40. The average Bonchev–Trinajstić information content (AvgIpc) is 2.29. The molecule has 1 aromatic carbocycles. The van der Waals surface area contributed by atoms with Gasteiger partial charge in [-0.25, -0.2) is 4.99 Å². The number of benzene rings is 1. The van der Waals surface area contributed by atoms with Crippen molar-refractivity contribution in [3.05, 3.63) is 24.3 Å². The number of nitriles is 1. The van der Waals surface area contributed by atoms with Crippen molar-refractivity contribution in [1.82, 2.24) is 0 Å². The SMILES string of the molecule is N#CCCSC1=Nc2ccccc2SC1. The molecule has 15 heavy (non-hydrogen) atoms. The van der Waals surface area contributed by atoms with E-state index in [1.807, 2.05) is 30.0 Å². The maximum atomic E-state index is 8.45. The molecule has 76 valence electrons. The number of fused-ring (bicyclic) bond motifs is 1. The summed E-state index contributed by atoms with van der Waals surface area (Å²) in [5.41, 5.74) is 1.06. The lowest BCUT2D eigenvalue weighted by atomic mass is 10.3. The van der Waals surface area contributed by atoms with E-state index in [0.29, 0.717) is 6.42 Å². The quantitative estimate of drug-likeness (QED) is 0.735. The Morgan fingerprint density at radius 2 is 2.33 bits per heavy atom. The second-order valence-corrected chi connectivity index (χ2v) is 5.20. The predicted octanol–water partition coefficient (Wildman–Crippen LogP) is 3.47. The minimum Gasteiger partial charge on any atom is -0.245 e. The fourth-order valence-corrected chi connectivity index (χ4v) is 3.15. The number of thioether (sulfide) groups is 2. The molecular weight excluding hydrogens is 224 g/mol.